The predicted molar refractivity (Wildman–Crippen MR) is 86.8 cm³/mol. The van der Waals surface area contributed by atoms with Gasteiger partial charge in [-0.3, -0.25) is 14.7 Å². The molecule has 0 unspecified atom stereocenters. The molecule has 0 N–H and O–H groups in total. The van der Waals surface area contributed by atoms with Crippen molar-refractivity contribution >= 4 is 17.5 Å². The Morgan fingerprint density at radius 2 is 1.96 bits per heavy atom. The minimum absolute atomic E-state index is 0.0325. The van der Waals surface area contributed by atoms with Crippen LogP contribution in [0.2, 0.25) is 5.02 Å². The third kappa shape index (κ3) is 3.68. The molecule has 23 heavy (non-hydrogen) atoms. The number of benzene rings is 1. The van der Waals surface area contributed by atoms with Gasteiger partial charge in [-0.05, 0) is 23.8 Å². The van der Waals surface area contributed by atoms with Gasteiger partial charge in [0.2, 0.25) is 0 Å². The summed E-state index contributed by atoms with van der Waals surface area (Å²) in [5.41, 5.74) is 1.11. The number of rotatable bonds is 3. The number of pyridine rings is 1. The van der Waals surface area contributed by atoms with Crippen LogP contribution in [0.5, 0.6) is 0 Å². The molecule has 1 aromatic carbocycles. The smallest absolute Gasteiger partial charge is 0.258 e. The number of piperazine rings is 1. The van der Waals surface area contributed by atoms with Gasteiger partial charge < -0.3 is 4.90 Å². The molecule has 3 rings (SSSR count). The Labute approximate surface area is 139 Å². The first kappa shape index (κ1) is 15.9. The Morgan fingerprint density at radius 3 is 2.61 bits per heavy atom. The number of hydrogen-bond acceptors (Lipinski definition) is 3. The Kier molecular flexibility index (Phi) is 4.88. The fourth-order valence-corrected chi connectivity index (χ4v) is 2.96. The van der Waals surface area contributed by atoms with Crippen molar-refractivity contribution in [2.75, 3.05) is 26.2 Å². The summed E-state index contributed by atoms with van der Waals surface area (Å²) in [5, 5.41) is 0.160. The number of halogens is 2. The standard InChI is InChI=1S/C17H17ClFN3O/c18-14-4-1-5-15(19)16(14)17(23)22-9-7-21(8-10-22)12-13-3-2-6-20-11-13/h1-6,11H,7-10,12H2. The van der Waals surface area contributed by atoms with Crippen molar-refractivity contribution in [1.82, 2.24) is 14.8 Å². The zero-order chi connectivity index (χ0) is 16.2. The molecule has 6 heteroatoms. The van der Waals surface area contributed by atoms with E-state index in [4.69, 9.17) is 11.6 Å². The summed E-state index contributed by atoms with van der Waals surface area (Å²) in [6.07, 6.45) is 3.59. The topological polar surface area (TPSA) is 36.4 Å². The van der Waals surface area contributed by atoms with Gasteiger partial charge in [-0.15, -0.1) is 0 Å². The quantitative estimate of drug-likeness (QED) is 0.866. The highest BCUT2D eigenvalue weighted by molar-refractivity contribution is 6.33. The van der Waals surface area contributed by atoms with E-state index in [1.54, 1.807) is 11.1 Å². The second kappa shape index (κ2) is 7.06. The van der Waals surface area contributed by atoms with Crippen molar-refractivity contribution in [2.45, 2.75) is 6.54 Å². The van der Waals surface area contributed by atoms with Crippen LogP contribution in [0.3, 0.4) is 0 Å². The molecule has 1 aliphatic heterocycles. The summed E-state index contributed by atoms with van der Waals surface area (Å²) >= 11 is 5.97. The average Bonchev–Trinajstić information content (AvgIpc) is 2.56. The molecule has 0 aliphatic carbocycles. The lowest BCUT2D eigenvalue weighted by molar-refractivity contribution is 0.0624. The molecular formula is C17H17ClFN3O. The molecule has 2 aromatic rings. The van der Waals surface area contributed by atoms with Crippen molar-refractivity contribution < 1.29 is 9.18 Å². The summed E-state index contributed by atoms with van der Waals surface area (Å²) in [6, 6.07) is 8.24. The van der Waals surface area contributed by atoms with Gasteiger partial charge in [-0.1, -0.05) is 23.7 Å². The van der Waals surface area contributed by atoms with E-state index in [1.807, 2.05) is 18.3 Å². The number of nitrogens with zero attached hydrogens (tertiary/aromatic N) is 3. The van der Waals surface area contributed by atoms with E-state index in [9.17, 15) is 9.18 Å². The lowest BCUT2D eigenvalue weighted by Crippen LogP contribution is -2.48. The molecular weight excluding hydrogens is 317 g/mol. The van der Waals surface area contributed by atoms with Crippen LogP contribution < -0.4 is 0 Å². The molecule has 0 bridgehead atoms. The van der Waals surface area contributed by atoms with Crippen molar-refractivity contribution in [1.29, 1.82) is 0 Å². The van der Waals surface area contributed by atoms with Crippen LogP contribution in [0, 0.1) is 5.82 Å². The number of carbonyl (C=O) groups excluding carboxylic acids is 1. The van der Waals surface area contributed by atoms with Gasteiger partial charge in [0.1, 0.15) is 5.82 Å². The third-order valence-electron chi connectivity index (χ3n) is 3.97. The molecule has 0 saturated carbocycles. The SMILES string of the molecule is O=C(c1c(F)cccc1Cl)N1CCN(Cc2cccnc2)CC1. The first-order valence-corrected chi connectivity index (χ1v) is 7.87. The number of amides is 1. The second-order valence-corrected chi connectivity index (χ2v) is 5.93. The molecule has 1 aliphatic rings. The zero-order valence-electron chi connectivity index (χ0n) is 12.6. The van der Waals surface area contributed by atoms with E-state index in [2.05, 4.69) is 9.88 Å². The normalized spacial score (nSPS) is 15.7. The first-order valence-electron chi connectivity index (χ1n) is 7.49. The largest absolute Gasteiger partial charge is 0.336 e. The number of carbonyl (C=O) groups is 1. The lowest BCUT2D eigenvalue weighted by Gasteiger charge is -2.34. The molecule has 1 amide bonds. The summed E-state index contributed by atoms with van der Waals surface area (Å²) in [7, 11) is 0. The summed E-state index contributed by atoms with van der Waals surface area (Å²) < 4.78 is 13.9. The Morgan fingerprint density at radius 1 is 1.17 bits per heavy atom. The maximum absolute atomic E-state index is 13.9. The van der Waals surface area contributed by atoms with Crippen molar-refractivity contribution in [3.63, 3.8) is 0 Å². The van der Waals surface area contributed by atoms with Gasteiger partial charge in [0.05, 0.1) is 10.6 Å². The Hall–Kier alpha value is -1.98. The summed E-state index contributed by atoms with van der Waals surface area (Å²) in [4.78, 5) is 20.5. The molecule has 0 spiro atoms. The molecule has 1 aromatic heterocycles. The summed E-state index contributed by atoms with van der Waals surface area (Å²) in [6.45, 7) is 3.41. The summed E-state index contributed by atoms with van der Waals surface area (Å²) in [5.74, 6) is -0.908. The maximum atomic E-state index is 13.9. The van der Waals surface area contributed by atoms with Crippen LogP contribution >= 0.6 is 11.6 Å². The van der Waals surface area contributed by atoms with Gasteiger partial charge in [-0.2, -0.15) is 0 Å². The van der Waals surface area contributed by atoms with Crippen molar-refractivity contribution in [2.24, 2.45) is 0 Å². The van der Waals surface area contributed by atoms with Crippen LogP contribution in [0.1, 0.15) is 15.9 Å². The van der Waals surface area contributed by atoms with Crippen LogP contribution in [-0.4, -0.2) is 46.9 Å². The van der Waals surface area contributed by atoms with Crippen LogP contribution in [0.15, 0.2) is 42.7 Å². The van der Waals surface area contributed by atoms with E-state index in [0.717, 1.165) is 25.2 Å². The highest BCUT2D eigenvalue weighted by atomic mass is 35.5. The number of hydrogen-bond donors (Lipinski definition) is 0. The van der Waals surface area contributed by atoms with Crippen molar-refractivity contribution in [3.8, 4) is 0 Å². The molecule has 4 nitrogen and oxygen atoms in total. The fourth-order valence-electron chi connectivity index (χ4n) is 2.72. The molecule has 2 heterocycles. The monoisotopic (exact) mass is 333 g/mol. The van der Waals surface area contributed by atoms with Crippen molar-refractivity contribution in [3.05, 3.63) is 64.7 Å². The van der Waals surface area contributed by atoms with Gasteiger partial charge in [0, 0.05) is 45.1 Å². The van der Waals surface area contributed by atoms with Crippen LogP contribution in [0.25, 0.3) is 0 Å². The van der Waals surface area contributed by atoms with Gasteiger partial charge in [0.25, 0.3) is 5.91 Å². The van der Waals surface area contributed by atoms with Gasteiger partial charge >= 0.3 is 0 Å². The van der Waals surface area contributed by atoms with Crippen LogP contribution in [-0.2, 0) is 6.54 Å². The van der Waals surface area contributed by atoms with E-state index in [0.29, 0.717) is 13.1 Å². The fraction of sp³-hybridized carbons (Fsp3) is 0.294. The van der Waals surface area contributed by atoms with E-state index in [-0.39, 0.29) is 16.5 Å². The minimum Gasteiger partial charge on any atom is -0.336 e. The maximum Gasteiger partial charge on any atom is 0.258 e. The second-order valence-electron chi connectivity index (χ2n) is 5.53. The van der Waals surface area contributed by atoms with Crippen LogP contribution in [0.4, 0.5) is 4.39 Å². The third-order valence-corrected chi connectivity index (χ3v) is 4.28. The minimum atomic E-state index is -0.569. The van der Waals surface area contributed by atoms with Gasteiger partial charge in [-0.25, -0.2) is 4.39 Å². The predicted octanol–water partition coefficient (Wildman–Crippen LogP) is 2.83. The number of aromatic nitrogens is 1. The van der Waals surface area contributed by atoms with E-state index < -0.39 is 5.82 Å². The molecule has 0 radical (unpaired) electrons. The lowest BCUT2D eigenvalue weighted by atomic mass is 10.1. The zero-order valence-corrected chi connectivity index (χ0v) is 13.3. The van der Waals surface area contributed by atoms with E-state index in [1.165, 1.54) is 18.2 Å². The Bertz CT molecular complexity index is 667. The highest BCUT2D eigenvalue weighted by Gasteiger charge is 2.25. The molecule has 120 valence electrons. The van der Waals surface area contributed by atoms with E-state index >= 15 is 0 Å². The molecule has 1 fully saturated rings. The highest BCUT2D eigenvalue weighted by Crippen LogP contribution is 2.21. The molecule has 1 saturated heterocycles. The van der Waals surface area contributed by atoms with Gasteiger partial charge in [0.15, 0.2) is 0 Å². The molecule has 0 atom stereocenters. The Balaban J connectivity index is 1.62. The average molecular weight is 334 g/mol. The first-order chi connectivity index (χ1) is 11.1.